The van der Waals surface area contributed by atoms with Gasteiger partial charge in [0.05, 0.1) is 23.7 Å². The summed E-state index contributed by atoms with van der Waals surface area (Å²) >= 11 is 0. The number of carbonyl (C=O) groups excluding carboxylic acids is 1. The molecule has 0 aliphatic carbocycles. The lowest BCUT2D eigenvalue weighted by molar-refractivity contribution is 0.137. The third-order valence-electron chi connectivity index (χ3n) is 2.46. The molecule has 0 aliphatic rings. The minimum atomic E-state index is -0.406. The molecule has 0 atom stereocenters. The van der Waals surface area contributed by atoms with Crippen LogP contribution in [-0.4, -0.2) is 24.8 Å². The molecule has 0 bridgehead atoms. The van der Waals surface area contributed by atoms with Gasteiger partial charge in [-0.15, -0.1) is 0 Å². The van der Waals surface area contributed by atoms with Crippen molar-refractivity contribution in [3.05, 3.63) is 18.2 Å². The van der Waals surface area contributed by atoms with Gasteiger partial charge < -0.3 is 26.8 Å². The van der Waals surface area contributed by atoms with Gasteiger partial charge in [-0.05, 0) is 39.3 Å². The average molecular weight is 280 g/mol. The third-order valence-corrected chi connectivity index (χ3v) is 2.46. The van der Waals surface area contributed by atoms with Crippen LogP contribution in [0.3, 0.4) is 0 Å². The van der Waals surface area contributed by atoms with Crippen LogP contribution in [0, 0.1) is 0 Å². The summed E-state index contributed by atoms with van der Waals surface area (Å²) in [5, 5.41) is 5.87. The van der Waals surface area contributed by atoms with Crippen LogP contribution in [0.25, 0.3) is 0 Å². The van der Waals surface area contributed by atoms with E-state index in [9.17, 15) is 4.79 Å². The molecule has 0 spiro atoms. The molecule has 0 fully saturated rings. The molecule has 0 heterocycles. The monoisotopic (exact) mass is 280 g/mol. The number of nitrogens with two attached hydrogens (primary N) is 2. The number of amides is 1. The van der Waals surface area contributed by atoms with E-state index < -0.39 is 6.09 Å². The molecule has 0 saturated heterocycles. The Hall–Kier alpha value is -2.11. The van der Waals surface area contributed by atoms with Gasteiger partial charge in [0.1, 0.15) is 0 Å². The van der Waals surface area contributed by atoms with Gasteiger partial charge in [0.25, 0.3) is 0 Å². The highest BCUT2D eigenvalue weighted by atomic mass is 16.5. The van der Waals surface area contributed by atoms with Crippen LogP contribution >= 0.6 is 0 Å². The normalized spacial score (nSPS) is 10.9. The first-order valence-electron chi connectivity index (χ1n) is 6.62. The lowest BCUT2D eigenvalue weighted by Crippen LogP contribution is -2.41. The third kappa shape index (κ3) is 5.69. The van der Waals surface area contributed by atoms with Crippen LogP contribution in [-0.2, 0) is 4.74 Å². The summed E-state index contributed by atoms with van der Waals surface area (Å²) in [6.07, 6.45) is 0.266. The van der Waals surface area contributed by atoms with Gasteiger partial charge in [-0.2, -0.15) is 0 Å². The van der Waals surface area contributed by atoms with Crippen LogP contribution in [0.1, 0.15) is 27.2 Å². The van der Waals surface area contributed by atoms with E-state index in [1.807, 2.05) is 20.8 Å². The summed E-state index contributed by atoms with van der Waals surface area (Å²) in [5.41, 5.74) is 13.3. The largest absolute Gasteiger partial charge is 0.449 e. The van der Waals surface area contributed by atoms with E-state index in [0.29, 0.717) is 30.9 Å². The summed E-state index contributed by atoms with van der Waals surface area (Å²) in [4.78, 5) is 11.4. The maximum Gasteiger partial charge on any atom is 0.407 e. The number of hydrogen-bond donors (Lipinski definition) is 4. The predicted molar refractivity (Wildman–Crippen MR) is 82.6 cm³/mol. The summed E-state index contributed by atoms with van der Waals surface area (Å²) in [6.45, 7) is 6.66. The predicted octanol–water partition coefficient (Wildman–Crippen LogP) is 2.18. The van der Waals surface area contributed by atoms with Crippen molar-refractivity contribution in [1.82, 2.24) is 5.32 Å². The molecule has 0 aliphatic heterocycles. The maximum absolute atomic E-state index is 11.4. The Morgan fingerprint density at radius 2 is 1.85 bits per heavy atom. The van der Waals surface area contributed by atoms with E-state index in [1.165, 1.54) is 0 Å². The Balaban J connectivity index is 2.24. The Bertz CT molecular complexity index is 435. The number of nitrogens with one attached hydrogen (secondary N) is 2. The molecule has 1 aromatic carbocycles. The smallest absolute Gasteiger partial charge is 0.407 e. The topological polar surface area (TPSA) is 102 Å². The van der Waals surface area contributed by atoms with E-state index in [-0.39, 0.29) is 5.54 Å². The van der Waals surface area contributed by atoms with E-state index in [2.05, 4.69) is 10.6 Å². The summed E-state index contributed by atoms with van der Waals surface area (Å²) < 4.78 is 5.06. The number of benzene rings is 1. The average Bonchev–Trinajstić information content (AvgIpc) is 2.29. The minimum absolute atomic E-state index is 0.289. The van der Waals surface area contributed by atoms with Gasteiger partial charge in [-0.25, -0.2) is 4.79 Å². The van der Waals surface area contributed by atoms with Crippen LogP contribution in [0.15, 0.2) is 18.2 Å². The molecule has 0 unspecified atom stereocenters. The summed E-state index contributed by atoms with van der Waals surface area (Å²) in [6, 6.07) is 5.37. The molecular weight excluding hydrogens is 256 g/mol. The van der Waals surface area contributed by atoms with Gasteiger partial charge in [0.2, 0.25) is 0 Å². The molecule has 6 N–H and O–H groups in total. The van der Waals surface area contributed by atoms with Crippen LogP contribution in [0.4, 0.5) is 21.9 Å². The molecule has 20 heavy (non-hydrogen) atoms. The van der Waals surface area contributed by atoms with Crippen molar-refractivity contribution in [2.45, 2.75) is 32.7 Å². The number of carbonyl (C=O) groups is 1. The fourth-order valence-electron chi connectivity index (χ4n) is 1.59. The van der Waals surface area contributed by atoms with Gasteiger partial charge in [-0.1, -0.05) is 6.07 Å². The van der Waals surface area contributed by atoms with Crippen molar-refractivity contribution >= 4 is 23.2 Å². The lowest BCUT2D eigenvalue weighted by atomic mass is 10.1. The standard InChI is InChI=1S/C14H24N4O2/c1-14(2,3)18-13(19)20-9-5-8-17-12-10(15)6-4-7-11(12)16/h4,6-7,17H,5,8-9,15-16H2,1-3H3,(H,18,19). The van der Waals surface area contributed by atoms with E-state index in [1.54, 1.807) is 18.2 Å². The van der Waals surface area contributed by atoms with Crippen molar-refractivity contribution in [2.75, 3.05) is 29.9 Å². The number of nitrogen functional groups attached to an aromatic ring is 2. The van der Waals surface area contributed by atoms with E-state index in [4.69, 9.17) is 16.2 Å². The number of para-hydroxylation sites is 1. The van der Waals surface area contributed by atoms with Crippen molar-refractivity contribution in [1.29, 1.82) is 0 Å². The SMILES string of the molecule is CC(C)(C)NC(=O)OCCCNc1c(N)cccc1N. The molecule has 1 amide bonds. The number of ether oxygens (including phenoxy) is 1. The molecule has 0 aromatic heterocycles. The Morgan fingerprint density at radius 1 is 1.25 bits per heavy atom. The first kappa shape index (κ1) is 15.9. The number of anilines is 3. The molecule has 112 valence electrons. The molecule has 1 aromatic rings. The van der Waals surface area contributed by atoms with Gasteiger partial charge in [-0.3, -0.25) is 0 Å². The zero-order chi connectivity index (χ0) is 15.2. The van der Waals surface area contributed by atoms with Crippen molar-refractivity contribution < 1.29 is 9.53 Å². The summed E-state index contributed by atoms with van der Waals surface area (Å²) in [7, 11) is 0. The van der Waals surface area contributed by atoms with Crippen LogP contribution < -0.4 is 22.1 Å². The molecule has 1 rings (SSSR count). The van der Waals surface area contributed by atoms with Crippen molar-refractivity contribution in [3.8, 4) is 0 Å². The quantitative estimate of drug-likeness (QED) is 0.489. The highest BCUT2D eigenvalue weighted by molar-refractivity contribution is 5.79. The second-order valence-corrected chi connectivity index (χ2v) is 5.60. The fraction of sp³-hybridized carbons (Fsp3) is 0.500. The molecular formula is C14H24N4O2. The van der Waals surface area contributed by atoms with Gasteiger partial charge >= 0.3 is 6.09 Å². The lowest BCUT2D eigenvalue weighted by Gasteiger charge is -2.20. The second kappa shape index (κ2) is 6.88. The van der Waals surface area contributed by atoms with Gasteiger partial charge in [0, 0.05) is 12.1 Å². The zero-order valence-electron chi connectivity index (χ0n) is 12.3. The van der Waals surface area contributed by atoms with E-state index >= 15 is 0 Å². The highest BCUT2D eigenvalue weighted by Crippen LogP contribution is 2.25. The Morgan fingerprint density at radius 3 is 2.40 bits per heavy atom. The van der Waals surface area contributed by atoms with E-state index in [0.717, 1.165) is 5.69 Å². The van der Waals surface area contributed by atoms with Gasteiger partial charge in [0.15, 0.2) is 0 Å². The zero-order valence-corrected chi connectivity index (χ0v) is 12.3. The number of alkyl carbamates (subject to hydrolysis) is 1. The fourth-order valence-corrected chi connectivity index (χ4v) is 1.59. The molecule has 6 heteroatoms. The minimum Gasteiger partial charge on any atom is -0.449 e. The number of rotatable bonds is 5. The van der Waals surface area contributed by atoms with Crippen LogP contribution in [0.5, 0.6) is 0 Å². The Labute approximate surface area is 119 Å². The van der Waals surface area contributed by atoms with Crippen molar-refractivity contribution in [3.63, 3.8) is 0 Å². The molecule has 0 radical (unpaired) electrons. The number of hydrogen-bond acceptors (Lipinski definition) is 5. The molecule has 0 saturated carbocycles. The second-order valence-electron chi connectivity index (χ2n) is 5.60. The summed E-state index contributed by atoms with van der Waals surface area (Å²) in [5.74, 6) is 0. The molecule has 6 nitrogen and oxygen atoms in total. The van der Waals surface area contributed by atoms with Crippen LogP contribution in [0.2, 0.25) is 0 Å². The Kier molecular flexibility index (Phi) is 5.49. The first-order valence-corrected chi connectivity index (χ1v) is 6.62. The van der Waals surface area contributed by atoms with Crippen molar-refractivity contribution in [2.24, 2.45) is 0 Å². The highest BCUT2D eigenvalue weighted by Gasteiger charge is 2.14. The first-order chi connectivity index (χ1) is 9.29. The maximum atomic E-state index is 11.4.